The van der Waals surface area contributed by atoms with Crippen LogP contribution in [0.5, 0.6) is 0 Å². The number of carbonyl (C=O) groups excluding carboxylic acids is 1. The van der Waals surface area contributed by atoms with Crippen LogP contribution in [0.15, 0.2) is 0 Å². The molecule has 4 aliphatic carbocycles. The number of ketones is 1. The first-order chi connectivity index (χ1) is 13.1. The predicted octanol–water partition coefficient (Wildman–Crippen LogP) is 3.39. The Morgan fingerprint density at radius 3 is 1.57 bits per heavy atom. The molecule has 4 rings (SSSR count). The Hall–Kier alpha value is -1.32. The standard InChI is InChI=1S/C14H10F13NO2/c1-2-4(28)3-30-14(27)7(16)5(29)6(15)10(19,20)8(17,12(7,23)24)13(25,26)9(14,18)11(6,21)22/h4H,2-3,28H2,1H3. The highest BCUT2D eigenvalue weighted by Crippen LogP contribution is 2.84. The summed E-state index contributed by atoms with van der Waals surface area (Å²) >= 11 is 0. The molecule has 4 saturated carbocycles. The Morgan fingerprint density at radius 1 is 0.733 bits per heavy atom. The maximum atomic E-state index is 15.2. The van der Waals surface area contributed by atoms with Crippen molar-refractivity contribution in [3.05, 3.63) is 0 Å². The Labute approximate surface area is 157 Å². The molecule has 4 aliphatic rings. The number of hydrogen-bond acceptors (Lipinski definition) is 3. The molecule has 16 heteroatoms. The van der Waals surface area contributed by atoms with E-state index in [0.29, 0.717) is 0 Å². The molecule has 3 nitrogen and oxygen atoms in total. The van der Waals surface area contributed by atoms with Crippen LogP contribution in [0.2, 0.25) is 0 Å². The predicted molar refractivity (Wildman–Crippen MR) is 68.2 cm³/mol. The normalized spacial score (nSPS) is 50.6. The third-order valence-electron chi connectivity index (χ3n) is 5.99. The van der Waals surface area contributed by atoms with E-state index in [0.717, 1.165) is 6.92 Å². The second kappa shape index (κ2) is 5.18. The van der Waals surface area contributed by atoms with Crippen molar-refractivity contribution >= 4 is 5.78 Å². The molecule has 0 heterocycles. The summed E-state index contributed by atoms with van der Waals surface area (Å²) < 4.78 is 192. The maximum Gasteiger partial charge on any atom is 0.340 e. The Balaban J connectivity index is 2.51. The van der Waals surface area contributed by atoms with Crippen molar-refractivity contribution in [3.8, 4) is 0 Å². The first-order valence-corrected chi connectivity index (χ1v) is 8.01. The molecule has 0 amide bonds. The van der Waals surface area contributed by atoms with Crippen molar-refractivity contribution in [2.24, 2.45) is 5.73 Å². The summed E-state index contributed by atoms with van der Waals surface area (Å²) in [6, 6.07) is -1.66. The van der Waals surface area contributed by atoms with Crippen molar-refractivity contribution in [1.29, 1.82) is 0 Å². The molecule has 2 N–H and O–H groups in total. The smallest absolute Gasteiger partial charge is 0.338 e. The SMILES string of the molecule is CCC(N)COC1(F)C2(F)C(=O)C3(F)C(F)(F)C(F)(C2(F)F)C(F)(F)C1(F)C3(F)F. The largest absolute Gasteiger partial charge is 0.340 e. The fourth-order valence-electron chi connectivity index (χ4n) is 4.13. The third-order valence-corrected chi connectivity index (χ3v) is 5.99. The Bertz CT molecular complexity index is 820. The van der Waals surface area contributed by atoms with Crippen LogP contribution < -0.4 is 5.73 Å². The molecule has 0 saturated heterocycles. The molecule has 0 radical (unpaired) electrons. The minimum absolute atomic E-state index is 0.371. The van der Waals surface area contributed by atoms with Crippen LogP contribution in [0.1, 0.15) is 13.3 Å². The third kappa shape index (κ3) is 1.49. The van der Waals surface area contributed by atoms with E-state index in [2.05, 4.69) is 4.74 Å². The van der Waals surface area contributed by atoms with E-state index in [1.165, 1.54) is 0 Å². The van der Waals surface area contributed by atoms with Crippen molar-refractivity contribution in [3.63, 3.8) is 0 Å². The van der Waals surface area contributed by atoms with Gasteiger partial charge in [0.1, 0.15) is 0 Å². The molecular formula is C14H10F13NO2. The van der Waals surface area contributed by atoms with Crippen molar-refractivity contribution in [2.75, 3.05) is 6.61 Å². The molecule has 174 valence electrons. The number of ether oxygens (including phenoxy) is 1. The lowest BCUT2D eigenvalue weighted by atomic mass is 9.41. The van der Waals surface area contributed by atoms with E-state index >= 15 is 13.2 Å². The van der Waals surface area contributed by atoms with Crippen molar-refractivity contribution in [2.45, 2.75) is 71.6 Å². The molecule has 0 aromatic carbocycles. The van der Waals surface area contributed by atoms with Crippen LogP contribution >= 0.6 is 0 Å². The summed E-state index contributed by atoms with van der Waals surface area (Å²) in [5, 5.41) is 0. The van der Waals surface area contributed by atoms with E-state index in [1.807, 2.05) is 0 Å². The molecule has 0 spiro atoms. The highest BCUT2D eigenvalue weighted by atomic mass is 19.3. The molecule has 4 bridgehead atoms. The van der Waals surface area contributed by atoms with Gasteiger partial charge in [0.05, 0.1) is 6.61 Å². The average Bonchev–Trinajstić information content (AvgIpc) is 2.64. The zero-order valence-corrected chi connectivity index (χ0v) is 14.3. The van der Waals surface area contributed by atoms with Crippen LogP contribution in [0.4, 0.5) is 57.1 Å². The summed E-state index contributed by atoms with van der Waals surface area (Å²) in [6.07, 6.45) is -0.371. The molecule has 0 aromatic heterocycles. The van der Waals surface area contributed by atoms with E-state index in [9.17, 15) is 48.7 Å². The van der Waals surface area contributed by atoms with Gasteiger partial charge in [-0.25, -0.2) is 22.0 Å². The van der Waals surface area contributed by atoms with Crippen LogP contribution in [-0.2, 0) is 9.53 Å². The van der Waals surface area contributed by atoms with E-state index in [4.69, 9.17) is 5.73 Å². The Kier molecular flexibility index (Phi) is 4.03. The number of alkyl halides is 13. The van der Waals surface area contributed by atoms with Gasteiger partial charge in [0.2, 0.25) is 5.78 Å². The van der Waals surface area contributed by atoms with Gasteiger partial charge >= 0.3 is 46.6 Å². The van der Waals surface area contributed by atoms with Crippen LogP contribution in [0, 0.1) is 0 Å². The summed E-state index contributed by atoms with van der Waals surface area (Å²) in [5.74, 6) is -40.4. The summed E-state index contributed by atoms with van der Waals surface area (Å²) in [7, 11) is 0. The fraction of sp³-hybridized carbons (Fsp3) is 0.929. The van der Waals surface area contributed by atoms with Gasteiger partial charge in [-0.05, 0) is 6.42 Å². The number of nitrogens with two attached hydrogens (primary N) is 1. The summed E-state index contributed by atoms with van der Waals surface area (Å²) in [4.78, 5) is 11.8. The lowest BCUT2D eigenvalue weighted by Gasteiger charge is -2.71. The van der Waals surface area contributed by atoms with Gasteiger partial charge in [-0.1, -0.05) is 6.92 Å². The fourth-order valence-corrected chi connectivity index (χ4v) is 4.13. The minimum Gasteiger partial charge on any atom is -0.338 e. The molecular weight excluding hydrogens is 461 g/mol. The zero-order valence-electron chi connectivity index (χ0n) is 14.3. The molecule has 0 aromatic rings. The molecule has 6 atom stereocenters. The number of halogens is 13. The second-order valence-corrected chi connectivity index (χ2v) is 7.34. The van der Waals surface area contributed by atoms with Gasteiger partial charge < -0.3 is 10.5 Å². The first-order valence-electron chi connectivity index (χ1n) is 8.01. The highest BCUT2D eigenvalue weighted by molar-refractivity contribution is 6.04. The van der Waals surface area contributed by atoms with E-state index < -0.39 is 70.7 Å². The van der Waals surface area contributed by atoms with E-state index in [-0.39, 0.29) is 6.42 Å². The quantitative estimate of drug-likeness (QED) is 0.640. The average molecular weight is 471 g/mol. The molecule has 0 aliphatic heterocycles. The van der Waals surface area contributed by atoms with Gasteiger partial charge in [0.15, 0.2) is 0 Å². The summed E-state index contributed by atoms with van der Waals surface area (Å²) in [5.41, 5.74) is -23.1. The van der Waals surface area contributed by atoms with Crippen LogP contribution in [0.3, 0.4) is 0 Å². The number of rotatable bonds is 4. The molecule has 4 fully saturated rings. The molecule has 6 unspecified atom stereocenters. The number of carbonyl (C=O) groups is 1. The monoisotopic (exact) mass is 471 g/mol. The van der Waals surface area contributed by atoms with Crippen LogP contribution in [-0.4, -0.2) is 70.7 Å². The highest BCUT2D eigenvalue weighted by Gasteiger charge is 3.20. The van der Waals surface area contributed by atoms with Gasteiger partial charge in [-0.15, -0.1) is 0 Å². The lowest BCUT2D eigenvalue weighted by Crippen LogP contribution is -3.07. The topological polar surface area (TPSA) is 52.3 Å². The number of hydrogen-bond donors (Lipinski definition) is 1. The first kappa shape index (κ1) is 23.3. The van der Waals surface area contributed by atoms with Gasteiger partial charge in [-0.2, -0.15) is 35.1 Å². The van der Waals surface area contributed by atoms with Gasteiger partial charge in [0.25, 0.3) is 5.67 Å². The number of Topliss-reactive ketones (excluding diaryl/α,β-unsaturated/α-hetero) is 1. The molecule has 30 heavy (non-hydrogen) atoms. The van der Waals surface area contributed by atoms with Gasteiger partial charge in [0, 0.05) is 6.04 Å². The van der Waals surface area contributed by atoms with Crippen molar-refractivity contribution in [1.82, 2.24) is 0 Å². The lowest BCUT2D eigenvalue weighted by molar-refractivity contribution is -0.555. The zero-order chi connectivity index (χ0) is 23.8. The Morgan fingerprint density at radius 2 is 1.13 bits per heavy atom. The van der Waals surface area contributed by atoms with Gasteiger partial charge in [-0.3, -0.25) is 4.79 Å². The second-order valence-electron chi connectivity index (χ2n) is 7.34. The van der Waals surface area contributed by atoms with E-state index in [1.54, 1.807) is 0 Å². The van der Waals surface area contributed by atoms with Crippen LogP contribution in [0.25, 0.3) is 0 Å². The van der Waals surface area contributed by atoms with Crippen molar-refractivity contribution < 1.29 is 66.6 Å². The summed E-state index contributed by atoms with van der Waals surface area (Å²) in [6.45, 7) is -0.669. The maximum absolute atomic E-state index is 15.2. The minimum atomic E-state index is -7.52.